The van der Waals surface area contributed by atoms with Crippen LogP contribution in [-0.4, -0.2) is 66.4 Å². The third-order valence-electron chi connectivity index (χ3n) is 5.99. The molecule has 0 unspecified atom stereocenters. The van der Waals surface area contributed by atoms with Crippen LogP contribution in [-0.2, 0) is 0 Å². The van der Waals surface area contributed by atoms with Crippen LogP contribution in [0.25, 0.3) is 5.78 Å². The predicted molar refractivity (Wildman–Crippen MR) is 94.9 cm³/mol. The van der Waals surface area contributed by atoms with Gasteiger partial charge in [0.15, 0.2) is 0 Å². The lowest BCUT2D eigenvalue weighted by molar-refractivity contribution is 0.0752. The van der Waals surface area contributed by atoms with Gasteiger partial charge in [0.2, 0.25) is 5.82 Å². The van der Waals surface area contributed by atoms with Gasteiger partial charge in [0, 0.05) is 37.5 Å². The largest absolute Gasteiger partial charge is 0.396 e. The predicted octanol–water partition coefficient (Wildman–Crippen LogP) is 0.333. The summed E-state index contributed by atoms with van der Waals surface area (Å²) in [4.78, 5) is 22.8. The van der Waals surface area contributed by atoms with Gasteiger partial charge >= 0.3 is 0 Å². The van der Waals surface area contributed by atoms with Crippen molar-refractivity contribution in [2.45, 2.75) is 12.0 Å². The Morgan fingerprint density at radius 1 is 1.26 bits per heavy atom. The van der Waals surface area contributed by atoms with Crippen molar-refractivity contribution in [1.29, 1.82) is 0 Å². The maximum Gasteiger partial charge on any atom is 0.293 e. The second-order valence-corrected chi connectivity index (χ2v) is 7.29. The summed E-state index contributed by atoms with van der Waals surface area (Å²) in [6.45, 7) is 0.567. The number of hydrogen-bond donors (Lipinski definition) is 2. The Labute approximate surface area is 155 Å². The molecule has 1 saturated heterocycles. The molecule has 138 valence electrons. The highest BCUT2D eigenvalue weighted by atomic mass is 16.3. The van der Waals surface area contributed by atoms with Crippen LogP contribution >= 0.6 is 0 Å². The van der Waals surface area contributed by atoms with Gasteiger partial charge in [-0.25, -0.2) is 9.50 Å². The van der Waals surface area contributed by atoms with Gasteiger partial charge in [0.1, 0.15) is 0 Å². The zero-order valence-electron chi connectivity index (χ0n) is 14.5. The molecule has 1 spiro atoms. The molecule has 27 heavy (non-hydrogen) atoms. The maximum absolute atomic E-state index is 12.9. The normalized spacial score (nSPS) is 29.6. The first-order chi connectivity index (χ1) is 13.1. The molecule has 4 atom stereocenters. The second-order valence-electron chi connectivity index (χ2n) is 7.29. The van der Waals surface area contributed by atoms with Crippen LogP contribution in [0.1, 0.15) is 22.1 Å². The Morgan fingerprint density at radius 2 is 2.07 bits per heavy atom. The van der Waals surface area contributed by atoms with Crippen LogP contribution in [0.5, 0.6) is 0 Å². The van der Waals surface area contributed by atoms with Gasteiger partial charge in [0.05, 0.1) is 6.10 Å². The van der Waals surface area contributed by atoms with E-state index < -0.39 is 11.5 Å². The van der Waals surface area contributed by atoms with Gasteiger partial charge in [-0.1, -0.05) is 30.3 Å². The van der Waals surface area contributed by atoms with E-state index in [2.05, 4.69) is 15.1 Å². The van der Waals surface area contributed by atoms with Crippen LogP contribution in [0.3, 0.4) is 0 Å². The summed E-state index contributed by atoms with van der Waals surface area (Å²) < 4.78 is 1.45. The minimum absolute atomic E-state index is 0.0187. The molecule has 3 aromatic rings. The van der Waals surface area contributed by atoms with Crippen molar-refractivity contribution < 1.29 is 15.0 Å². The van der Waals surface area contributed by atoms with E-state index in [0.717, 1.165) is 5.56 Å². The molecule has 0 bridgehead atoms. The highest BCUT2D eigenvalue weighted by Gasteiger charge is 2.71. The molecule has 1 amide bonds. The molecular formula is C19H19N5O3. The maximum atomic E-state index is 12.9. The molecule has 1 aliphatic carbocycles. The molecule has 1 saturated carbocycles. The summed E-state index contributed by atoms with van der Waals surface area (Å²) in [5.74, 6) is 0.0648. The topological polar surface area (TPSA) is 104 Å². The SMILES string of the molecule is O=C(c1nc2ncccn2n1)N1C[C@@H](O)[C@@]2(C1)[C@H](CO)[C@H]2c1ccccc1. The third kappa shape index (κ3) is 2.30. The van der Waals surface area contributed by atoms with Gasteiger partial charge in [-0.05, 0) is 23.5 Å². The number of carbonyl (C=O) groups is 1. The first-order valence-electron chi connectivity index (χ1n) is 8.95. The molecule has 2 aromatic heterocycles. The van der Waals surface area contributed by atoms with E-state index in [9.17, 15) is 15.0 Å². The number of fused-ring (bicyclic) bond motifs is 1. The van der Waals surface area contributed by atoms with Crippen LogP contribution in [0.2, 0.25) is 0 Å². The van der Waals surface area contributed by atoms with E-state index in [1.807, 2.05) is 30.3 Å². The molecule has 1 aliphatic heterocycles. The number of aromatic nitrogens is 4. The van der Waals surface area contributed by atoms with Crippen LogP contribution in [0.4, 0.5) is 0 Å². The van der Waals surface area contributed by atoms with Crippen molar-refractivity contribution in [3.63, 3.8) is 0 Å². The standard InChI is InChI=1S/C19H19N5O3/c25-10-13-15(12-5-2-1-3-6-12)19(13)11-23(9-14(19)26)17(27)16-21-18-20-7-4-8-24(18)22-16/h1-8,13-15,25-26H,9-11H2/t13-,14-,15-,19-/m1/s1. The van der Waals surface area contributed by atoms with Gasteiger partial charge in [-0.2, -0.15) is 4.98 Å². The fraction of sp³-hybridized carbons (Fsp3) is 0.368. The molecule has 5 rings (SSSR count). The van der Waals surface area contributed by atoms with E-state index in [0.29, 0.717) is 12.3 Å². The van der Waals surface area contributed by atoms with Crippen LogP contribution in [0.15, 0.2) is 48.8 Å². The monoisotopic (exact) mass is 365 g/mol. The molecule has 2 N–H and O–H groups in total. The average Bonchev–Trinajstić information content (AvgIpc) is 2.97. The minimum Gasteiger partial charge on any atom is -0.396 e. The fourth-order valence-electron chi connectivity index (χ4n) is 4.69. The van der Waals surface area contributed by atoms with Crippen molar-refractivity contribution in [1.82, 2.24) is 24.5 Å². The summed E-state index contributed by atoms with van der Waals surface area (Å²) in [7, 11) is 0. The number of aliphatic hydroxyl groups excluding tert-OH is 2. The van der Waals surface area contributed by atoms with Gasteiger partial charge < -0.3 is 15.1 Å². The lowest BCUT2D eigenvalue weighted by Crippen LogP contribution is -2.30. The highest BCUT2D eigenvalue weighted by molar-refractivity contribution is 5.91. The van der Waals surface area contributed by atoms with Crippen molar-refractivity contribution >= 4 is 11.7 Å². The number of likely N-dealkylation sites (tertiary alicyclic amines) is 1. The Hall–Kier alpha value is -2.84. The summed E-state index contributed by atoms with van der Waals surface area (Å²) in [5.41, 5.74) is 0.573. The van der Waals surface area contributed by atoms with Crippen molar-refractivity contribution in [3.8, 4) is 0 Å². The summed E-state index contributed by atoms with van der Waals surface area (Å²) in [6.07, 6.45) is 2.58. The average molecular weight is 365 g/mol. The minimum atomic E-state index is -0.695. The number of nitrogens with zero attached hydrogens (tertiary/aromatic N) is 5. The number of carbonyl (C=O) groups excluding carboxylic acids is 1. The third-order valence-corrected chi connectivity index (χ3v) is 5.99. The number of β-amino-alcohol motifs (C(OH)–C–C–N with tert-alkyl or cyclic N) is 1. The smallest absolute Gasteiger partial charge is 0.293 e. The van der Waals surface area contributed by atoms with E-state index in [1.54, 1.807) is 23.4 Å². The lowest BCUT2D eigenvalue weighted by Gasteiger charge is -2.15. The number of benzene rings is 1. The zero-order valence-corrected chi connectivity index (χ0v) is 14.5. The van der Waals surface area contributed by atoms with E-state index in [4.69, 9.17) is 0 Å². The Bertz CT molecular complexity index is 974. The van der Waals surface area contributed by atoms with E-state index in [-0.39, 0.29) is 36.7 Å². The first-order valence-corrected chi connectivity index (χ1v) is 8.95. The Balaban J connectivity index is 1.43. The summed E-state index contributed by atoms with van der Waals surface area (Å²) >= 11 is 0. The van der Waals surface area contributed by atoms with Gasteiger partial charge in [-0.15, -0.1) is 5.10 Å². The Morgan fingerprint density at radius 3 is 2.81 bits per heavy atom. The van der Waals surface area contributed by atoms with E-state index >= 15 is 0 Å². The number of aliphatic hydroxyl groups is 2. The molecule has 0 radical (unpaired) electrons. The molecule has 2 aliphatic rings. The molecule has 3 heterocycles. The Kier molecular flexibility index (Phi) is 3.53. The van der Waals surface area contributed by atoms with Crippen molar-refractivity contribution in [3.05, 3.63) is 60.2 Å². The van der Waals surface area contributed by atoms with Crippen LogP contribution < -0.4 is 0 Å². The number of hydrogen-bond acceptors (Lipinski definition) is 6. The second kappa shape index (κ2) is 5.83. The quantitative estimate of drug-likeness (QED) is 0.693. The number of rotatable bonds is 3. The first kappa shape index (κ1) is 16.3. The molecule has 2 fully saturated rings. The zero-order chi connectivity index (χ0) is 18.6. The number of amides is 1. The fourth-order valence-corrected chi connectivity index (χ4v) is 4.69. The van der Waals surface area contributed by atoms with Crippen molar-refractivity contribution in [2.75, 3.05) is 19.7 Å². The van der Waals surface area contributed by atoms with Gasteiger partial charge in [0.25, 0.3) is 11.7 Å². The summed E-state index contributed by atoms with van der Waals surface area (Å²) in [5, 5.41) is 24.9. The highest BCUT2D eigenvalue weighted by Crippen LogP contribution is 2.68. The van der Waals surface area contributed by atoms with Crippen molar-refractivity contribution in [2.24, 2.45) is 11.3 Å². The summed E-state index contributed by atoms with van der Waals surface area (Å²) in [6, 6.07) is 11.6. The van der Waals surface area contributed by atoms with Crippen LogP contribution in [0, 0.1) is 11.3 Å². The lowest BCUT2D eigenvalue weighted by atomic mass is 9.95. The molecular weight excluding hydrogens is 346 g/mol. The van der Waals surface area contributed by atoms with E-state index in [1.165, 1.54) is 4.52 Å². The molecule has 1 aromatic carbocycles. The molecule has 8 nitrogen and oxygen atoms in total. The van der Waals surface area contributed by atoms with Gasteiger partial charge in [-0.3, -0.25) is 4.79 Å². The molecule has 8 heteroatoms.